The van der Waals surface area contributed by atoms with Gasteiger partial charge in [-0.05, 0) is 12.1 Å². The molecule has 3 heterocycles. The number of ether oxygens (including phenoxy) is 3. The van der Waals surface area contributed by atoms with Crippen molar-refractivity contribution < 1.29 is 22.6 Å². The number of methoxy groups -OCH3 is 1. The molecular formula is C21H20N6O5S. The molecule has 0 fully saturated rings. The minimum Gasteiger partial charge on any atom is -0.497 e. The molecule has 33 heavy (non-hydrogen) atoms. The van der Waals surface area contributed by atoms with Crippen LogP contribution in [0.4, 0.5) is 17.3 Å². The molecule has 0 spiro atoms. The molecule has 0 saturated carbocycles. The molecule has 1 aliphatic heterocycles. The van der Waals surface area contributed by atoms with Crippen LogP contribution in [0.2, 0.25) is 0 Å². The highest BCUT2D eigenvalue weighted by molar-refractivity contribution is 7.92. The molecule has 0 aliphatic carbocycles. The molecule has 5 rings (SSSR count). The normalized spacial score (nSPS) is 13.0. The molecule has 4 aromatic rings. The van der Waals surface area contributed by atoms with Crippen molar-refractivity contribution in [3.05, 3.63) is 48.9 Å². The van der Waals surface area contributed by atoms with Gasteiger partial charge in [-0.25, -0.2) is 15.0 Å². The molecule has 2 aromatic heterocycles. The summed E-state index contributed by atoms with van der Waals surface area (Å²) in [5, 5.41) is 3.00. The zero-order chi connectivity index (χ0) is 23.0. The van der Waals surface area contributed by atoms with Crippen LogP contribution in [0.3, 0.4) is 0 Å². The Labute approximate surface area is 189 Å². The number of hydrogen-bond acceptors (Lipinski definition) is 9. The Balaban J connectivity index is 1.61. The second-order valence-electron chi connectivity index (χ2n) is 7.22. The van der Waals surface area contributed by atoms with Crippen LogP contribution in [0.15, 0.2) is 53.9 Å². The fourth-order valence-electron chi connectivity index (χ4n) is 3.33. The fraction of sp³-hybridized carbons (Fsp3) is 0.190. The zero-order valence-electron chi connectivity index (χ0n) is 17.8. The minimum absolute atomic E-state index is 0.00708. The average molecular weight is 468 g/mol. The average Bonchev–Trinajstić information content (AvgIpc) is 3.26. The first-order valence-corrected chi connectivity index (χ1v) is 11.4. The summed E-state index contributed by atoms with van der Waals surface area (Å²) in [6.45, 7) is 0.779. The van der Waals surface area contributed by atoms with E-state index >= 15 is 0 Å². The molecule has 12 heteroatoms. The lowest BCUT2D eigenvalue weighted by molar-refractivity contribution is 0.172. The largest absolute Gasteiger partial charge is 0.497 e. The monoisotopic (exact) mass is 468 g/mol. The van der Waals surface area contributed by atoms with E-state index in [1.807, 2.05) is 6.07 Å². The third-order valence-electron chi connectivity index (χ3n) is 4.86. The Morgan fingerprint density at radius 2 is 1.79 bits per heavy atom. The smallest absolute Gasteiger partial charge is 0.282 e. The Morgan fingerprint density at radius 1 is 1.06 bits per heavy atom. The minimum atomic E-state index is -4.01. The first-order valence-electron chi connectivity index (χ1n) is 9.95. The molecule has 0 atom stereocenters. The van der Waals surface area contributed by atoms with E-state index in [1.165, 1.54) is 19.6 Å². The number of aromatic nitrogens is 4. The van der Waals surface area contributed by atoms with Gasteiger partial charge in [-0.1, -0.05) is 12.1 Å². The van der Waals surface area contributed by atoms with Gasteiger partial charge in [-0.3, -0.25) is 4.72 Å². The molecule has 0 saturated heterocycles. The number of benzene rings is 2. The number of aryl methyl sites for hydroxylation is 1. The first kappa shape index (κ1) is 20.8. The van der Waals surface area contributed by atoms with Crippen molar-refractivity contribution in [2.75, 3.05) is 30.4 Å². The number of hydrogen-bond donors (Lipinski definition) is 2. The summed E-state index contributed by atoms with van der Waals surface area (Å²) < 4.78 is 46.8. The molecule has 2 N–H and O–H groups in total. The van der Waals surface area contributed by atoms with Crippen molar-refractivity contribution in [3.63, 3.8) is 0 Å². The van der Waals surface area contributed by atoms with Gasteiger partial charge in [0.15, 0.2) is 28.2 Å². The van der Waals surface area contributed by atoms with Crippen LogP contribution in [0.25, 0.3) is 11.0 Å². The predicted octanol–water partition coefficient (Wildman–Crippen LogP) is 2.69. The van der Waals surface area contributed by atoms with Gasteiger partial charge < -0.3 is 24.1 Å². The Hall–Kier alpha value is -4.06. The van der Waals surface area contributed by atoms with Crippen molar-refractivity contribution in [1.82, 2.24) is 19.5 Å². The molecule has 2 aromatic carbocycles. The summed E-state index contributed by atoms with van der Waals surface area (Å²) in [6, 6.07) is 10.6. The van der Waals surface area contributed by atoms with Crippen molar-refractivity contribution in [3.8, 4) is 17.2 Å². The lowest BCUT2D eigenvalue weighted by Gasteiger charge is -2.23. The molecule has 170 valence electrons. The number of anilines is 3. The number of nitrogens with zero attached hydrogens (tertiary/aromatic N) is 4. The topological polar surface area (TPSA) is 129 Å². The summed E-state index contributed by atoms with van der Waals surface area (Å²) in [5.74, 6) is 1.69. The fourth-order valence-corrected chi connectivity index (χ4v) is 4.32. The van der Waals surface area contributed by atoms with Gasteiger partial charge in [0, 0.05) is 25.4 Å². The van der Waals surface area contributed by atoms with Crippen LogP contribution in [0.5, 0.6) is 17.2 Å². The van der Waals surface area contributed by atoms with Gasteiger partial charge in [0.2, 0.25) is 0 Å². The SMILES string of the molecule is COc1cc(Nc2nc3ccccc3nc2NS(=O)(=O)c2cn(C)cn2)c2c(c1)OCCO2. The maximum atomic E-state index is 12.9. The van der Waals surface area contributed by atoms with Crippen LogP contribution >= 0.6 is 0 Å². The number of sulfonamides is 1. The number of nitrogens with one attached hydrogen (secondary N) is 2. The second kappa shape index (κ2) is 8.13. The van der Waals surface area contributed by atoms with Gasteiger partial charge in [0.05, 0.1) is 30.2 Å². The third-order valence-corrected chi connectivity index (χ3v) is 6.09. The van der Waals surface area contributed by atoms with Crippen molar-refractivity contribution >= 4 is 38.4 Å². The molecular weight excluding hydrogens is 448 g/mol. The Morgan fingerprint density at radius 3 is 2.48 bits per heavy atom. The van der Waals surface area contributed by atoms with Gasteiger partial charge >= 0.3 is 0 Å². The van der Waals surface area contributed by atoms with Crippen LogP contribution in [0, 0.1) is 0 Å². The number of imidazole rings is 1. The van der Waals surface area contributed by atoms with Gasteiger partial charge in [0.1, 0.15) is 19.0 Å². The standard InChI is InChI=1S/C21H20N6O5S/c1-27-11-18(22-12-27)33(28,29)26-21-20(23-14-5-3-4-6-15(14)24-21)25-16-9-13(30-2)10-17-19(16)32-8-7-31-17/h3-6,9-12H,7-8H2,1-2H3,(H,23,25)(H,24,26). The third kappa shape index (κ3) is 4.07. The van der Waals surface area contributed by atoms with Gasteiger partial charge in [-0.2, -0.15) is 8.42 Å². The molecule has 0 unspecified atom stereocenters. The molecule has 0 amide bonds. The molecule has 11 nitrogen and oxygen atoms in total. The van der Waals surface area contributed by atoms with E-state index in [0.717, 1.165) is 0 Å². The van der Waals surface area contributed by atoms with Crippen LogP contribution in [0.1, 0.15) is 0 Å². The van der Waals surface area contributed by atoms with Crippen molar-refractivity contribution in [2.24, 2.45) is 7.05 Å². The van der Waals surface area contributed by atoms with Crippen molar-refractivity contribution in [1.29, 1.82) is 0 Å². The van der Waals surface area contributed by atoms with E-state index in [9.17, 15) is 8.42 Å². The van der Waals surface area contributed by atoms with E-state index in [-0.39, 0.29) is 16.7 Å². The van der Waals surface area contributed by atoms with Crippen LogP contribution < -0.4 is 24.2 Å². The molecule has 0 radical (unpaired) electrons. The first-order chi connectivity index (χ1) is 15.9. The zero-order valence-corrected chi connectivity index (χ0v) is 18.6. The van der Waals surface area contributed by atoms with Gasteiger partial charge in [0.25, 0.3) is 10.0 Å². The van der Waals surface area contributed by atoms with Gasteiger partial charge in [-0.15, -0.1) is 0 Å². The number of fused-ring (bicyclic) bond motifs is 2. The summed E-state index contributed by atoms with van der Waals surface area (Å²) in [5.41, 5.74) is 1.59. The molecule has 1 aliphatic rings. The number of para-hydroxylation sites is 2. The lowest BCUT2D eigenvalue weighted by Crippen LogP contribution is -2.18. The highest BCUT2D eigenvalue weighted by Crippen LogP contribution is 2.43. The maximum absolute atomic E-state index is 12.9. The highest BCUT2D eigenvalue weighted by atomic mass is 32.2. The van der Waals surface area contributed by atoms with E-state index in [2.05, 4.69) is 25.0 Å². The van der Waals surface area contributed by atoms with Crippen molar-refractivity contribution in [2.45, 2.75) is 5.03 Å². The maximum Gasteiger partial charge on any atom is 0.282 e. The predicted molar refractivity (Wildman–Crippen MR) is 121 cm³/mol. The van der Waals surface area contributed by atoms with E-state index in [0.29, 0.717) is 47.2 Å². The number of rotatable bonds is 6. The van der Waals surface area contributed by atoms with Crippen LogP contribution in [-0.2, 0) is 17.1 Å². The summed E-state index contributed by atoms with van der Waals surface area (Å²) in [6.07, 6.45) is 2.80. The van der Waals surface area contributed by atoms with Crippen LogP contribution in [-0.4, -0.2) is 48.3 Å². The van der Waals surface area contributed by atoms with E-state index < -0.39 is 10.0 Å². The summed E-state index contributed by atoms with van der Waals surface area (Å²) in [7, 11) is -0.789. The summed E-state index contributed by atoms with van der Waals surface area (Å²) in [4.78, 5) is 13.0. The van der Waals surface area contributed by atoms with E-state index in [4.69, 9.17) is 14.2 Å². The molecule has 0 bridgehead atoms. The highest BCUT2D eigenvalue weighted by Gasteiger charge is 2.24. The summed E-state index contributed by atoms with van der Waals surface area (Å²) >= 11 is 0. The Kier molecular flexibility index (Phi) is 5.13. The Bertz CT molecular complexity index is 1450. The lowest BCUT2D eigenvalue weighted by atomic mass is 10.2. The quantitative estimate of drug-likeness (QED) is 0.439. The van der Waals surface area contributed by atoms with E-state index in [1.54, 1.807) is 41.9 Å². The second-order valence-corrected chi connectivity index (χ2v) is 8.85.